The summed E-state index contributed by atoms with van der Waals surface area (Å²) in [6.45, 7) is 1.86. The fourth-order valence-corrected chi connectivity index (χ4v) is 2.42. The molecule has 120 valence electrons. The van der Waals surface area contributed by atoms with Gasteiger partial charge in [-0.15, -0.1) is 0 Å². The lowest BCUT2D eigenvalue weighted by Crippen LogP contribution is -2.50. The molecule has 1 unspecified atom stereocenters. The van der Waals surface area contributed by atoms with Crippen LogP contribution in [-0.2, 0) is 14.3 Å². The van der Waals surface area contributed by atoms with Crippen molar-refractivity contribution < 1.29 is 19.1 Å². The first-order chi connectivity index (χ1) is 10.6. The molecule has 2 rings (SSSR count). The summed E-state index contributed by atoms with van der Waals surface area (Å²) >= 11 is 5.84. The van der Waals surface area contributed by atoms with Crippen LogP contribution in [-0.4, -0.2) is 62.8 Å². The molecule has 22 heavy (non-hydrogen) atoms. The minimum absolute atomic E-state index is 0.0505. The van der Waals surface area contributed by atoms with Crippen LogP contribution in [0, 0.1) is 0 Å². The van der Waals surface area contributed by atoms with Gasteiger partial charge in [0.15, 0.2) is 0 Å². The molecule has 7 heteroatoms. The summed E-state index contributed by atoms with van der Waals surface area (Å²) in [6, 6.07) is 6.59. The zero-order valence-corrected chi connectivity index (χ0v) is 13.1. The van der Waals surface area contributed by atoms with Crippen LogP contribution >= 0.6 is 11.6 Å². The van der Waals surface area contributed by atoms with E-state index in [0.717, 1.165) is 0 Å². The van der Waals surface area contributed by atoms with Gasteiger partial charge >= 0.3 is 0 Å². The lowest BCUT2D eigenvalue weighted by atomic mass is 10.2. The standard InChI is InChI=1S/C15H19ClN2O4/c1-21-10-13-9-18(5-6-22-13)14(19)8-17-15(20)11-3-2-4-12(16)7-11/h2-4,7,13H,5-6,8-10H2,1H3,(H,17,20). The molecule has 1 aliphatic rings. The Morgan fingerprint density at radius 3 is 3.05 bits per heavy atom. The summed E-state index contributed by atoms with van der Waals surface area (Å²) in [6.07, 6.45) is -0.119. The van der Waals surface area contributed by atoms with Crippen molar-refractivity contribution in [3.05, 3.63) is 34.9 Å². The Balaban J connectivity index is 1.83. The number of carbonyl (C=O) groups is 2. The lowest BCUT2D eigenvalue weighted by Gasteiger charge is -2.32. The Kier molecular flexibility index (Phi) is 6.18. The number of hydrogen-bond donors (Lipinski definition) is 1. The molecule has 1 N–H and O–H groups in total. The van der Waals surface area contributed by atoms with E-state index in [1.165, 1.54) is 0 Å². The Morgan fingerprint density at radius 1 is 1.50 bits per heavy atom. The number of methoxy groups -OCH3 is 1. The van der Waals surface area contributed by atoms with E-state index in [9.17, 15) is 9.59 Å². The second-order valence-electron chi connectivity index (χ2n) is 4.98. The Labute approximate surface area is 134 Å². The molecule has 0 bridgehead atoms. The maximum Gasteiger partial charge on any atom is 0.251 e. The van der Waals surface area contributed by atoms with E-state index in [0.29, 0.717) is 36.9 Å². The number of morpholine rings is 1. The van der Waals surface area contributed by atoms with Crippen LogP contribution < -0.4 is 5.32 Å². The van der Waals surface area contributed by atoms with E-state index in [4.69, 9.17) is 21.1 Å². The quantitative estimate of drug-likeness (QED) is 0.874. The summed E-state index contributed by atoms with van der Waals surface area (Å²) in [7, 11) is 1.59. The topological polar surface area (TPSA) is 67.9 Å². The molecule has 0 aliphatic carbocycles. The van der Waals surface area contributed by atoms with E-state index < -0.39 is 0 Å². The monoisotopic (exact) mass is 326 g/mol. The molecule has 1 aromatic carbocycles. The second kappa shape index (κ2) is 8.12. The fourth-order valence-electron chi connectivity index (χ4n) is 2.23. The highest BCUT2D eigenvalue weighted by atomic mass is 35.5. The van der Waals surface area contributed by atoms with E-state index in [1.807, 2.05) is 0 Å². The van der Waals surface area contributed by atoms with E-state index in [-0.39, 0.29) is 24.5 Å². The molecule has 0 saturated carbocycles. The van der Waals surface area contributed by atoms with Crippen LogP contribution in [0.5, 0.6) is 0 Å². The summed E-state index contributed by atoms with van der Waals surface area (Å²) in [5.41, 5.74) is 0.430. The first-order valence-electron chi connectivity index (χ1n) is 7.02. The van der Waals surface area contributed by atoms with Crippen molar-refractivity contribution in [1.29, 1.82) is 0 Å². The van der Waals surface area contributed by atoms with Crippen molar-refractivity contribution in [2.45, 2.75) is 6.10 Å². The predicted molar refractivity (Wildman–Crippen MR) is 82.0 cm³/mol. The van der Waals surface area contributed by atoms with Gasteiger partial charge in [-0.1, -0.05) is 17.7 Å². The molecule has 0 radical (unpaired) electrons. The van der Waals surface area contributed by atoms with Gasteiger partial charge < -0.3 is 19.7 Å². The van der Waals surface area contributed by atoms with Crippen LogP contribution in [0.15, 0.2) is 24.3 Å². The first-order valence-corrected chi connectivity index (χ1v) is 7.40. The van der Waals surface area contributed by atoms with Crippen LogP contribution in [0.4, 0.5) is 0 Å². The summed E-state index contributed by atoms with van der Waals surface area (Å²) < 4.78 is 10.5. The molecule has 1 aromatic rings. The smallest absolute Gasteiger partial charge is 0.251 e. The van der Waals surface area contributed by atoms with E-state index in [1.54, 1.807) is 36.3 Å². The third-order valence-corrected chi connectivity index (χ3v) is 3.57. The van der Waals surface area contributed by atoms with Crippen molar-refractivity contribution >= 4 is 23.4 Å². The molecule has 1 atom stereocenters. The Bertz CT molecular complexity index is 536. The van der Waals surface area contributed by atoms with Crippen LogP contribution in [0.25, 0.3) is 0 Å². The van der Waals surface area contributed by atoms with Gasteiger partial charge in [-0.3, -0.25) is 9.59 Å². The molecule has 0 aromatic heterocycles. The van der Waals surface area contributed by atoms with Crippen molar-refractivity contribution in [3.8, 4) is 0 Å². The molecule has 1 saturated heterocycles. The zero-order valence-electron chi connectivity index (χ0n) is 12.4. The molecular weight excluding hydrogens is 308 g/mol. The number of ether oxygens (including phenoxy) is 2. The maximum absolute atomic E-state index is 12.1. The number of amides is 2. The number of rotatable bonds is 5. The van der Waals surface area contributed by atoms with Gasteiger partial charge in [-0.05, 0) is 18.2 Å². The number of halogens is 1. The van der Waals surface area contributed by atoms with Gasteiger partial charge in [0.1, 0.15) is 0 Å². The Morgan fingerprint density at radius 2 is 2.32 bits per heavy atom. The number of carbonyl (C=O) groups excluding carboxylic acids is 2. The SMILES string of the molecule is COCC1CN(C(=O)CNC(=O)c2cccc(Cl)c2)CCO1. The highest BCUT2D eigenvalue weighted by molar-refractivity contribution is 6.30. The normalized spacial score (nSPS) is 18.1. The highest BCUT2D eigenvalue weighted by Gasteiger charge is 2.24. The molecule has 6 nitrogen and oxygen atoms in total. The maximum atomic E-state index is 12.1. The van der Waals surface area contributed by atoms with Crippen molar-refractivity contribution in [2.75, 3.05) is 40.0 Å². The van der Waals surface area contributed by atoms with E-state index >= 15 is 0 Å². The third kappa shape index (κ3) is 4.69. The van der Waals surface area contributed by atoms with Crippen molar-refractivity contribution in [1.82, 2.24) is 10.2 Å². The third-order valence-electron chi connectivity index (χ3n) is 3.33. The second-order valence-corrected chi connectivity index (χ2v) is 5.42. The van der Waals surface area contributed by atoms with Gasteiger partial charge in [-0.2, -0.15) is 0 Å². The van der Waals surface area contributed by atoms with Gasteiger partial charge in [0.2, 0.25) is 5.91 Å². The molecular formula is C15H19ClN2O4. The number of nitrogens with one attached hydrogen (secondary N) is 1. The summed E-state index contributed by atoms with van der Waals surface area (Å²) in [4.78, 5) is 25.8. The average molecular weight is 327 g/mol. The minimum Gasteiger partial charge on any atom is -0.382 e. The van der Waals surface area contributed by atoms with Gasteiger partial charge in [0.05, 0.1) is 25.9 Å². The molecule has 1 aliphatic heterocycles. The first kappa shape index (κ1) is 16.7. The van der Waals surface area contributed by atoms with Gasteiger partial charge in [-0.25, -0.2) is 0 Å². The summed E-state index contributed by atoms with van der Waals surface area (Å²) in [5, 5.41) is 3.09. The highest BCUT2D eigenvalue weighted by Crippen LogP contribution is 2.10. The van der Waals surface area contributed by atoms with Crippen molar-refractivity contribution in [2.24, 2.45) is 0 Å². The van der Waals surface area contributed by atoms with Crippen LogP contribution in [0.3, 0.4) is 0 Å². The minimum atomic E-state index is -0.322. The Hall–Kier alpha value is -1.63. The molecule has 1 fully saturated rings. The number of nitrogens with zero attached hydrogens (tertiary/aromatic N) is 1. The predicted octanol–water partition coefficient (Wildman–Crippen LogP) is 0.944. The van der Waals surface area contributed by atoms with E-state index in [2.05, 4.69) is 5.32 Å². The fraction of sp³-hybridized carbons (Fsp3) is 0.467. The summed E-state index contributed by atoms with van der Waals surface area (Å²) in [5.74, 6) is -0.461. The number of hydrogen-bond acceptors (Lipinski definition) is 4. The zero-order chi connectivity index (χ0) is 15.9. The van der Waals surface area contributed by atoms with Crippen LogP contribution in [0.2, 0.25) is 5.02 Å². The molecule has 1 heterocycles. The van der Waals surface area contributed by atoms with Crippen LogP contribution in [0.1, 0.15) is 10.4 Å². The van der Waals surface area contributed by atoms with Crippen molar-refractivity contribution in [3.63, 3.8) is 0 Å². The molecule has 0 spiro atoms. The lowest BCUT2D eigenvalue weighted by molar-refractivity contribution is -0.139. The largest absolute Gasteiger partial charge is 0.382 e. The molecule has 2 amide bonds. The van der Waals surface area contributed by atoms with Gasteiger partial charge in [0.25, 0.3) is 5.91 Å². The average Bonchev–Trinajstić information content (AvgIpc) is 2.53. The van der Waals surface area contributed by atoms with Gasteiger partial charge in [0, 0.05) is 30.8 Å². The number of benzene rings is 1.